The first-order valence-electron chi connectivity index (χ1n) is 9.18. The Hall–Kier alpha value is -3.60. The molecule has 140 valence electrons. The highest BCUT2D eigenvalue weighted by Crippen LogP contribution is 2.19. The molecule has 0 atom stereocenters. The van der Waals surface area contributed by atoms with Gasteiger partial charge in [-0.25, -0.2) is 4.98 Å². The Morgan fingerprint density at radius 3 is 2.57 bits per heavy atom. The topological polar surface area (TPSA) is 56.1 Å². The Morgan fingerprint density at radius 2 is 1.82 bits per heavy atom. The first-order chi connectivity index (χ1) is 13.7. The second-order valence-corrected chi connectivity index (χ2v) is 6.51. The molecular formula is C23H21N3O2. The van der Waals surface area contributed by atoms with Gasteiger partial charge in [0.25, 0.3) is 5.91 Å². The van der Waals surface area contributed by atoms with Crippen molar-refractivity contribution in [1.82, 2.24) is 14.9 Å². The summed E-state index contributed by atoms with van der Waals surface area (Å²) in [7, 11) is 1.65. The van der Waals surface area contributed by atoms with Crippen LogP contribution in [0.2, 0.25) is 0 Å². The van der Waals surface area contributed by atoms with Crippen LogP contribution in [0.15, 0.2) is 79.1 Å². The lowest BCUT2D eigenvalue weighted by Gasteiger charge is -2.07. The van der Waals surface area contributed by atoms with E-state index in [4.69, 9.17) is 4.74 Å². The second-order valence-electron chi connectivity index (χ2n) is 6.51. The van der Waals surface area contributed by atoms with Gasteiger partial charge in [-0.2, -0.15) is 0 Å². The number of para-hydroxylation sites is 1. The maximum absolute atomic E-state index is 12.5. The highest BCUT2D eigenvalue weighted by atomic mass is 16.5. The van der Waals surface area contributed by atoms with Crippen LogP contribution in [-0.4, -0.2) is 29.1 Å². The summed E-state index contributed by atoms with van der Waals surface area (Å²) in [5, 5.41) is 2.97. The van der Waals surface area contributed by atoms with Crippen LogP contribution < -0.4 is 10.1 Å². The third-order valence-electron chi connectivity index (χ3n) is 4.70. The first-order valence-corrected chi connectivity index (χ1v) is 9.18. The average molecular weight is 371 g/mol. The molecule has 5 heteroatoms. The van der Waals surface area contributed by atoms with E-state index in [1.807, 2.05) is 77.4 Å². The molecule has 5 nitrogen and oxygen atoms in total. The lowest BCUT2D eigenvalue weighted by Crippen LogP contribution is -2.25. The van der Waals surface area contributed by atoms with Gasteiger partial charge in [0.05, 0.1) is 18.1 Å². The molecule has 4 rings (SSSR count). The van der Waals surface area contributed by atoms with E-state index in [0.717, 1.165) is 34.5 Å². The number of carbonyl (C=O) groups excluding carboxylic acids is 1. The van der Waals surface area contributed by atoms with Gasteiger partial charge in [-0.15, -0.1) is 0 Å². The minimum Gasteiger partial charge on any atom is -0.497 e. The number of fused-ring (bicyclic) bond motifs is 1. The molecule has 1 N–H and O–H groups in total. The number of ether oxygens (including phenoxy) is 1. The third-order valence-corrected chi connectivity index (χ3v) is 4.70. The zero-order valence-corrected chi connectivity index (χ0v) is 15.6. The SMILES string of the molecule is COc1ccc(CCNC(=O)c2ccc3c(c2)ncn3-c2ccccc2)cc1. The molecule has 4 aromatic rings. The zero-order valence-electron chi connectivity index (χ0n) is 15.6. The highest BCUT2D eigenvalue weighted by Gasteiger charge is 2.10. The molecular weight excluding hydrogens is 350 g/mol. The fourth-order valence-corrected chi connectivity index (χ4v) is 3.16. The average Bonchev–Trinajstić information content (AvgIpc) is 3.18. The van der Waals surface area contributed by atoms with Gasteiger partial charge in [-0.05, 0) is 54.4 Å². The van der Waals surface area contributed by atoms with E-state index in [2.05, 4.69) is 10.3 Å². The molecule has 3 aromatic carbocycles. The standard InChI is InChI=1S/C23H21N3O2/c1-28-20-10-7-17(8-11-20)13-14-24-23(27)18-9-12-22-21(15-18)25-16-26(22)19-5-3-2-4-6-19/h2-12,15-16H,13-14H2,1H3,(H,24,27). The summed E-state index contributed by atoms with van der Waals surface area (Å²) in [6.07, 6.45) is 2.55. The summed E-state index contributed by atoms with van der Waals surface area (Å²) in [6.45, 7) is 0.571. The predicted molar refractivity (Wildman–Crippen MR) is 110 cm³/mol. The number of carbonyl (C=O) groups is 1. The van der Waals surface area contributed by atoms with Gasteiger partial charge in [0.15, 0.2) is 0 Å². The van der Waals surface area contributed by atoms with Crippen molar-refractivity contribution >= 4 is 16.9 Å². The smallest absolute Gasteiger partial charge is 0.251 e. The van der Waals surface area contributed by atoms with Gasteiger partial charge in [-0.3, -0.25) is 9.36 Å². The van der Waals surface area contributed by atoms with Crippen LogP contribution in [0.1, 0.15) is 15.9 Å². The van der Waals surface area contributed by atoms with Crippen molar-refractivity contribution in [3.05, 3.63) is 90.3 Å². The number of benzene rings is 3. The van der Waals surface area contributed by atoms with Gasteiger partial charge >= 0.3 is 0 Å². The van der Waals surface area contributed by atoms with Crippen molar-refractivity contribution in [1.29, 1.82) is 0 Å². The quantitative estimate of drug-likeness (QED) is 0.557. The van der Waals surface area contributed by atoms with Crippen LogP contribution >= 0.6 is 0 Å². The first kappa shape index (κ1) is 17.8. The third kappa shape index (κ3) is 3.74. The minimum absolute atomic E-state index is 0.0929. The number of hydrogen-bond acceptors (Lipinski definition) is 3. The summed E-state index contributed by atoms with van der Waals surface area (Å²) in [5.41, 5.74) is 4.58. The molecule has 0 radical (unpaired) electrons. The van der Waals surface area contributed by atoms with Crippen molar-refractivity contribution in [2.45, 2.75) is 6.42 Å². The Balaban J connectivity index is 1.43. The molecule has 28 heavy (non-hydrogen) atoms. The Bertz CT molecular complexity index is 1090. The molecule has 0 aliphatic carbocycles. The van der Waals surface area contributed by atoms with E-state index in [-0.39, 0.29) is 5.91 Å². The van der Waals surface area contributed by atoms with Crippen molar-refractivity contribution in [2.24, 2.45) is 0 Å². The van der Waals surface area contributed by atoms with Crippen molar-refractivity contribution in [3.8, 4) is 11.4 Å². The number of aromatic nitrogens is 2. The van der Waals surface area contributed by atoms with Crippen molar-refractivity contribution in [3.63, 3.8) is 0 Å². The molecule has 0 aliphatic heterocycles. The molecule has 0 aliphatic rings. The van der Waals surface area contributed by atoms with Crippen molar-refractivity contribution in [2.75, 3.05) is 13.7 Å². The van der Waals surface area contributed by atoms with E-state index >= 15 is 0 Å². The number of nitrogens with one attached hydrogen (secondary N) is 1. The van der Waals surface area contributed by atoms with Crippen molar-refractivity contribution < 1.29 is 9.53 Å². The maximum Gasteiger partial charge on any atom is 0.251 e. The van der Waals surface area contributed by atoms with Crippen LogP contribution in [-0.2, 0) is 6.42 Å². The van der Waals surface area contributed by atoms with Gasteiger partial charge in [-0.1, -0.05) is 30.3 Å². The van der Waals surface area contributed by atoms with E-state index in [1.54, 1.807) is 13.4 Å². The van der Waals surface area contributed by atoms with E-state index in [1.165, 1.54) is 0 Å². The Kier molecular flexibility index (Phi) is 5.06. The summed E-state index contributed by atoms with van der Waals surface area (Å²) >= 11 is 0. The van der Waals surface area contributed by atoms with Gasteiger partial charge < -0.3 is 10.1 Å². The second kappa shape index (κ2) is 7.96. The normalized spacial score (nSPS) is 10.8. The Labute approximate surface area is 163 Å². The molecule has 0 saturated carbocycles. The predicted octanol–water partition coefficient (Wildman–Crippen LogP) is 4.01. The van der Waals surface area contributed by atoms with E-state index in [0.29, 0.717) is 12.1 Å². The van der Waals surface area contributed by atoms with Gasteiger partial charge in [0.1, 0.15) is 12.1 Å². The number of nitrogens with zero attached hydrogens (tertiary/aromatic N) is 2. The Morgan fingerprint density at radius 1 is 1.04 bits per heavy atom. The van der Waals surface area contributed by atoms with Crippen LogP contribution in [0.4, 0.5) is 0 Å². The fourth-order valence-electron chi connectivity index (χ4n) is 3.16. The number of imidazole rings is 1. The lowest BCUT2D eigenvalue weighted by atomic mass is 10.1. The summed E-state index contributed by atoms with van der Waals surface area (Å²) in [4.78, 5) is 16.9. The molecule has 1 heterocycles. The number of amides is 1. The summed E-state index contributed by atoms with van der Waals surface area (Å²) in [5.74, 6) is 0.737. The molecule has 0 bridgehead atoms. The minimum atomic E-state index is -0.0929. The molecule has 0 fully saturated rings. The number of rotatable bonds is 6. The molecule has 1 amide bonds. The molecule has 0 saturated heterocycles. The lowest BCUT2D eigenvalue weighted by molar-refractivity contribution is 0.0954. The fraction of sp³-hybridized carbons (Fsp3) is 0.130. The number of hydrogen-bond donors (Lipinski definition) is 1. The number of methoxy groups -OCH3 is 1. The van der Waals surface area contributed by atoms with E-state index < -0.39 is 0 Å². The molecule has 0 spiro atoms. The summed E-state index contributed by atoms with van der Waals surface area (Å²) < 4.78 is 7.17. The maximum atomic E-state index is 12.5. The monoisotopic (exact) mass is 371 g/mol. The highest BCUT2D eigenvalue weighted by molar-refractivity contribution is 5.97. The molecule has 1 aromatic heterocycles. The largest absolute Gasteiger partial charge is 0.497 e. The van der Waals surface area contributed by atoms with Gasteiger partial charge in [0.2, 0.25) is 0 Å². The van der Waals surface area contributed by atoms with Gasteiger partial charge in [0, 0.05) is 17.8 Å². The van der Waals surface area contributed by atoms with E-state index in [9.17, 15) is 4.79 Å². The zero-order chi connectivity index (χ0) is 19.3. The van der Waals surface area contributed by atoms with Crippen LogP contribution in [0.5, 0.6) is 5.75 Å². The van der Waals surface area contributed by atoms with Crippen LogP contribution in [0, 0.1) is 0 Å². The molecule has 0 unspecified atom stereocenters. The summed E-state index contributed by atoms with van der Waals surface area (Å²) in [6, 6.07) is 23.5. The van der Waals surface area contributed by atoms with Crippen LogP contribution in [0.25, 0.3) is 16.7 Å². The van der Waals surface area contributed by atoms with Crippen LogP contribution in [0.3, 0.4) is 0 Å².